The monoisotopic (exact) mass is 281 g/mol. The minimum Gasteiger partial charge on any atom is -0.493 e. The van der Waals surface area contributed by atoms with Crippen LogP contribution in [0.5, 0.6) is 17.2 Å². The molecule has 1 aromatic rings. The van der Waals surface area contributed by atoms with Gasteiger partial charge in [0.1, 0.15) is 0 Å². The fraction of sp³-hybridized carbons (Fsp3) is 0.625. The van der Waals surface area contributed by atoms with Gasteiger partial charge in [-0.15, -0.1) is 0 Å². The zero-order valence-electron chi connectivity index (χ0n) is 13.3. The van der Waals surface area contributed by atoms with Crippen LogP contribution >= 0.6 is 0 Å². The van der Waals surface area contributed by atoms with Crippen LogP contribution in [0.15, 0.2) is 6.07 Å². The van der Waals surface area contributed by atoms with E-state index in [1.54, 1.807) is 14.2 Å². The van der Waals surface area contributed by atoms with Gasteiger partial charge >= 0.3 is 0 Å². The summed E-state index contributed by atoms with van der Waals surface area (Å²) in [5.41, 5.74) is 8.31. The van der Waals surface area contributed by atoms with Crippen molar-refractivity contribution < 1.29 is 14.2 Å². The highest BCUT2D eigenvalue weighted by atomic mass is 16.5. The van der Waals surface area contributed by atoms with Gasteiger partial charge < -0.3 is 19.9 Å². The lowest BCUT2D eigenvalue weighted by Crippen LogP contribution is -2.22. The van der Waals surface area contributed by atoms with E-state index in [4.69, 9.17) is 19.9 Å². The molecule has 0 aromatic heterocycles. The number of aryl methyl sites for hydroxylation is 1. The summed E-state index contributed by atoms with van der Waals surface area (Å²) >= 11 is 0. The lowest BCUT2D eigenvalue weighted by atomic mass is 9.98. The molecule has 20 heavy (non-hydrogen) atoms. The maximum atomic E-state index is 6.09. The number of rotatable bonds is 8. The summed E-state index contributed by atoms with van der Waals surface area (Å²) in [4.78, 5) is 0. The Bertz CT molecular complexity index is 432. The van der Waals surface area contributed by atoms with Gasteiger partial charge in [-0.05, 0) is 37.8 Å². The van der Waals surface area contributed by atoms with Gasteiger partial charge in [-0.3, -0.25) is 0 Å². The smallest absolute Gasteiger partial charge is 0.203 e. The Labute approximate surface area is 122 Å². The van der Waals surface area contributed by atoms with Crippen molar-refractivity contribution >= 4 is 0 Å². The number of nitrogens with two attached hydrogens (primary N) is 1. The van der Waals surface area contributed by atoms with Crippen LogP contribution in [0.1, 0.15) is 37.8 Å². The van der Waals surface area contributed by atoms with Crippen molar-refractivity contribution in [2.24, 2.45) is 5.73 Å². The largest absolute Gasteiger partial charge is 0.493 e. The molecule has 4 nitrogen and oxygen atoms in total. The van der Waals surface area contributed by atoms with Gasteiger partial charge in [-0.25, -0.2) is 0 Å². The third kappa shape index (κ3) is 3.79. The molecule has 0 fully saturated rings. The predicted molar refractivity (Wildman–Crippen MR) is 82.0 cm³/mol. The molecule has 114 valence electrons. The maximum Gasteiger partial charge on any atom is 0.203 e. The number of hydrogen-bond acceptors (Lipinski definition) is 4. The second kappa shape index (κ2) is 8.00. The van der Waals surface area contributed by atoms with Crippen LogP contribution in [-0.2, 0) is 6.42 Å². The minimum atomic E-state index is 0.120. The summed E-state index contributed by atoms with van der Waals surface area (Å²) in [5, 5.41) is 0. The van der Waals surface area contributed by atoms with Crippen molar-refractivity contribution in [3.05, 3.63) is 17.2 Å². The quantitative estimate of drug-likeness (QED) is 0.795. The van der Waals surface area contributed by atoms with Crippen molar-refractivity contribution in [1.29, 1.82) is 0 Å². The molecule has 0 saturated carbocycles. The molecule has 1 unspecified atom stereocenters. The highest BCUT2D eigenvalue weighted by molar-refractivity contribution is 5.59. The molecular formula is C16H27NO3. The Hall–Kier alpha value is -1.42. The van der Waals surface area contributed by atoms with Gasteiger partial charge in [-0.2, -0.15) is 0 Å². The maximum absolute atomic E-state index is 6.09. The molecule has 1 atom stereocenters. The van der Waals surface area contributed by atoms with Crippen LogP contribution < -0.4 is 19.9 Å². The van der Waals surface area contributed by atoms with E-state index in [-0.39, 0.29) is 6.04 Å². The van der Waals surface area contributed by atoms with E-state index in [9.17, 15) is 0 Å². The van der Waals surface area contributed by atoms with Crippen molar-refractivity contribution in [3.8, 4) is 17.2 Å². The third-order valence-electron chi connectivity index (χ3n) is 3.39. The normalized spacial score (nSPS) is 12.1. The number of hydrogen-bond donors (Lipinski definition) is 1. The molecule has 0 spiro atoms. The highest BCUT2D eigenvalue weighted by Crippen LogP contribution is 2.42. The van der Waals surface area contributed by atoms with E-state index in [2.05, 4.69) is 13.8 Å². The van der Waals surface area contributed by atoms with Gasteiger partial charge in [0.05, 0.1) is 20.8 Å². The molecular weight excluding hydrogens is 254 g/mol. The summed E-state index contributed by atoms with van der Waals surface area (Å²) in [6, 6.07) is 2.11. The Kier molecular flexibility index (Phi) is 6.65. The molecule has 0 bridgehead atoms. The third-order valence-corrected chi connectivity index (χ3v) is 3.39. The molecule has 0 radical (unpaired) electrons. The van der Waals surface area contributed by atoms with Crippen LogP contribution in [0, 0.1) is 6.92 Å². The molecule has 2 N–H and O–H groups in total. The van der Waals surface area contributed by atoms with E-state index >= 15 is 0 Å². The van der Waals surface area contributed by atoms with Crippen LogP contribution in [0.25, 0.3) is 0 Å². The minimum absolute atomic E-state index is 0.120. The second-order valence-electron chi connectivity index (χ2n) is 4.96. The molecule has 0 aliphatic rings. The van der Waals surface area contributed by atoms with Gasteiger partial charge in [0.2, 0.25) is 5.75 Å². The first-order valence-electron chi connectivity index (χ1n) is 7.21. The van der Waals surface area contributed by atoms with Gasteiger partial charge in [-0.1, -0.05) is 13.8 Å². The van der Waals surface area contributed by atoms with Crippen LogP contribution in [0.3, 0.4) is 0 Å². The van der Waals surface area contributed by atoms with E-state index < -0.39 is 0 Å². The first-order valence-corrected chi connectivity index (χ1v) is 7.21. The molecule has 1 rings (SSSR count). The van der Waals surface area contributed by atoms with E-state index in [0.29, 0.717) is 18.1 Å². The van der Waals surface area contributed by atoms with Crippen LogP contribution in [0.2, 0.25) is 0 Å². The van der Waals surface area contributed by atoms with Crippen molar-refractivity contribution in [3.63, 3.8) is 0 Å². The molecule has 0 saturated heterocycles. The predicted octanol–water partition coefficient (Wildman–Crippen LogP) is 3.08. The Morgan fingerprint density at radius 2 is 1.85 bits per heavy atom. The van der Waals surface area contributed by atoms with E-state index in [1.807, 2.05) is 13.0 Å². The average Bonchev–Trinajstić information content (AvgIpc) is 2.46. The molecule has 0 amide bonds. The first kappa shape index (κ1) is 16.6. The number of methoxy groups -OCH3 is 2. The zero-order valence-corrected chi connectivity index (χ0v) is 13.3. The Balaban J connectivity index is 3.27. The van der Waals surface area contributed by atoms with Crippen molar-refractivity contribution in [2.45, 2.75) is 46.1 Å². The molecule has 0 aliphatic carbocycles. The first-order chi connectivity index (χ1) is 9.58. The summed E-state index contributed by atoms with van der Waals surface area (Å²) in [5.74, 6) is 2.14. The van der Waals surface area contributed by atoms with Crippen molar-refractivity contribution in [1.82, 2.24) is 0 Å². The summed E-state index contributed by atoms with van der Waals surface area (Å²) < 4.78 is 16.8. The number of benzene rings is 1. The Morgan fingerprint density at radius 1 is 1.15 bits per heavy atom. The molecule has 4 heteroatoms. The zero-order chi connectivity index (χ0) is 15.1. The lowest BCUT2D eigenvalue weighted by Gasteiger charge is -2.21. The average molecular weight is 281 g/mol. The fourth-order valence-electron chi connectivity index (χ4n) is 2.15. The van der Waals surface area contributed by atoms with Crippen LogP contribution in [0.4, 0.5) is 0 Å². The van der Waals surface area contributed by atoms with Gasteiger partial charge in [0, 0.05) is 11.6 Å². The van der Waals surface area contributed by atoms with Crippen molar-refractivity contribution in [2.75, 3.05) is 20.8 Å². The van der Waals surface area contributed by atoms with Crippen LogP contribution in [-0.4, -0.2) is 26.9 Å². The lowest BCUT2D eigenvalue weighted by molar-refractivity contribution is 0.273. The van der Waals surface area contributed by atoms with E-state index in [0.717, 1.165) is 36.1 Å². The highest BCUT2D eigenvalue weighted by Gasteiger charge is 2.20. The topological polar surface area (TPSA) is 53.7 Å². The second-order valence-corrected chi connectivity index (χ2v) is 4.96. The molecule has 0 aliphatic heterocycles. The standard InChI is InChI=1S/C16H27NO3/c1-6-8-20-16-14(18-4)9-11(3)13(15(16)19-5)10-12(17)7-2/h9,12H,6-8,10,17H2,1-5H3. The molecule has 0 heterocycles. The number of ether oxygens (including phenoxy) is 3. The summed E-state index contributed by atoms with van der Waals surface area (Å²) in [6.07, 6.45) is 2.64. The molecule has 1 aromatic carbocycles. The van der Waals surface area contributed by atoms with Gasteiger partial charge in [0.15, 0.2) is 11.5 Å². The van der Waals surface area contributed by atoms with E-state index in [1.165, 1.54) is 0 Å². The summed E-state index contributed by atoms with van der Waals surface area (Å²) in [6.45, 7) is 6.84. The summed E-state index contributed by atoms with van der Waals surface area (Å²) in [7, 11) is 3.30. The Morgan fingerprint density at radius 3 is 2.35 bits per heavy atom. The fourth-order valence-corrected chi connectivity index (χ4v) is 2.15. The SMILES string of the molecule is CCCOc1c(OC)cc(C)c(CC(N)CC)c1OC. The van der Waals surface area contributed by atoms with Gasteiger partial charge in [0.25, 0.3) is 0 Å².